The Labute approximate surface area is 181 Å². The number of amides is 1. The Morgan fingerprint density at radius 2 is 1.52 bits per heavy atom. The van der Waals surface area contributed by atoms with E-state index in [1.807, 2.05) is 42.5 Å². The highest BCUT2D eigenvalue weighted by molar-refractivity contribution is 6.20. The number of hydrogen-bond acceptors (Lipinski definition) is 3. The van der Waals surface area contributed by atoms with Gasteiger partial charge in [-0.25, -0.2) is 4.39 Å². The zero-order valence-corrected chi connectivity index (χ0v) is 17.2. The van der Waals surface area contributed by atoms with Gasteiger partial charge in [0.25, 0.3) is 5.91 Å². The van der Waals surface area contributed by atoms with Crippen LogP contribution in [0.5, 0.6) is 0 Å². The third-order valence-electron chi connectivity index (χ3n) is 6.24. The van der Waals surface area contributed by atoms with Crippen molar-refractivity contribution in [3.05, 3.63) is 101 Å². The number of anilines is 1. The number of aliphatic imine (C=N–C) groups is 1. The number of benzene rings is 3. The zero-order valence-electron chi connectivity index (χ0n) is 17.2. The van der Waals surface area contributed by atoms with Crippen molar-refractivity contribution in [1.29, 1.82) is 0 Å². The molecular formula is C26H24FN3O. The van der Waals surface area contributed by atoms with E-state index in [1.165, 1.54) is 11.6 Å². The van der Waals surface area contributed by atoms with E-state index in [2.05, 4.69) is 22.3 Å². The molecule has 0 saturated carbocycles. The lowest BCUT2D eigenvalue weighted by atomic mass is 9.86. The summed E-state index contributed by atoms with van der Waals surface area (Å²) in [5.41, 5.74) is 2.76. The first-order valence-corrected chi connectivity index (χ1v) is 10.7. The Bertz CT molecular complexity index is 1130. The van der Waals surface area contributed by atoms with E-state index in [9.17, 15) is 9.18 Å². The Morgan fingerprint density at radius 3 is 2.26 bits per heavy atom. The van der Waals surface area contributed by atoms with Crippen LogP contribution in [0.1, 0.15) is 29.5 Å². The number of nitrogens with zero attached hydrogens (tertiary/aromatic N) is 2. The van der Waals surface area contributed by atoms with Crippen LogP contribution in [0.25, 0.3) is 0 Å². The van der Waals surface area contributed by atoms with Gasteiger partial charge in [-0.15, -0.1) is 0 Å². The monoisotopic (exact) mass is 413 g/mol. The summed E-state index contributed by atoms with van der Waals surface area (Å²) < 4.78 is 14.8. The highest BCUT2D eigenvalue weighted by atomic mass is 19.1. The van der Waals surface area contributed by atoms with E-state index in [4.69, 9.17) is 4.99 Å². The van der Waals surface area contributed by atoms with Crippen LogP contribution in [0.4, 0.5) is 10.1 Å². The minimum absolute atomic E-state index is 0.106. The van der Waals surface area contributed by atoms with E-state index in [0.29, 0.717) is 29.8 Å². The van der Waals surface area contributed by atoms with Gasteiger partial charge in [0.15, 0.2) is 0 Å². The first-order valence-electron chi connectivity index (χ1n) is 10.7. The predicted octanol–water partition coefficient (Wildman–Crippen LogP) is 4.65. The Hall–Kier alpha value is -3.31. The van der Waals surface area contributed by atoms with Crippen LogP contribution >= 0.6 is 0 Å². The average molecular weight is 413 g/mol. The van der Waals surface area contributed by atoms with Crippen molar-refractivity contribution >= 4 is 17.3 Å². The lowest BCUT2D eigenvalue weighted by Gasteiger charge is -2.37. The third-order valence-corrected chi connectivity index (χ3v) is 6.24. The summed E-state index contributed by atoms with van der Waals surface area (Å²) in [6.45, 7) is 2.36. The maximum Gasteiger partial charge on any atom is 0.252 e. The van der Waals surface area contributed by atoms with Gasteiger partial charge >= 0.3 is 0 Å². The van der Waals surface area contributed by atoms with Gasteiger partial charge in [0.2, 0.25) is 0 Å². The molecule has 2 aliphatic heterocycles. The molecule has 2 aliphatic rings. The van der Waals surface area contributed by atoms with E-state index in [1.54, 1.807) is 18.2 Å². The van der Waals surface area contributed by atoms with E-state index in [0.717, 1.165) is 25.2 Å². The maximum atomic E-state index is 14.8. The summed E-state index contributed by atoms with van der Waals surface area (Å²) in [6, 6.07) is 24.5. The van der Waals surface area contributed by atoms with Crippen molar-refractivity contribution < 1.29 is 9.18 Å². The van der Waals surface area contributed by atoms with Gasteiger partial charge in [-0.1, -0.05) is 60.7 Å². The summed E-state index contributed by atoms with van der Waals surface area (Å²) >= 11 is 0. The van der Waals surface area contributed by atoms with Crippen LogP contribution < -0.4 is 5.32 Å². The lowest BCUT2D eigenvalue weighted by molar-refractivity contribution is -0.122. The minimum Gasteiger partial charge on any atom is -0.323 e. The molecular weight excluding hydrogens is 389 g/mol. The van der Waals surface area contributed by atoms with Gasteiger partial charge in [-0.2, -0.15) is 0 Å². The maximum absolute atomic E-state index is 14.8. The molecule has 0 radical (unpaired) electrons. The molecule has 1 spiro atoms. The van der Waals surface area contributed by atoms with Crippen molar-refractivity contribution in [3.8, 4) is 0 Å². The molecule has 156 valence electrons. The van der Waals surface area contributed by atoms with Gasteiger partial charge in [0, 0.05) is 30.8 Å². The standard InChI is InChI=1S/C26H24FN3O/c27-22-12-6-4-10-20(22)24-21-11-5-7-13-23(21)28-25(31)26(29-24)14-16-30(17-15-26)18-19-8-2-1-3-9-19/h1-13H,14-18H2,(H,28,31). The molecule has 0 bridgehead atoms. The van der Waals surface area contributed by atoms with Crippen LogP contribution in [-0.2, 0) is 11.3 Å². The number of fused-ring (bicyclic) bond motifs is 1. The summed E-state index contributed by atoms with van der Waals surface area (Å²) in [6.07, 6.45) is 1.19. The number of piperidine rings is 1. The average Bonchev–Trinajstić information content (AvgIpc) is 2.91. The molecule has 31 heavy (non-hydrogen) atoms. The Kier molecular flexibility index (Phi) is 5.12. The Balaban J connectivity index is 1.50. The predicted molar refractivity (Wildman–Crippen MR) is 121 cm³/mol. The van der Waals surface area contributed by atoms with Gasteiger partial charge in [0.05, 0.1) is 11.4 Å². The van der Waals surface area contributed by atoms with E-state index < -0.39 is 5.54 Å². The molecule has 1 amide bonds. The van der Waals surface area contributed by atoms with Gasteiger partial charge in [0.1, 0.15) is 11.4 Å². The van der Waals surface area contributed by atoms with Gasteiger partial charge in [-0.3, -0.25) is 14.7 Å². The molecule has 1 saturated heterocycles. The molecule has 0 aliphatic carbocycles. The molecule has 3 aromatic carbocycles. The number of halogens is 1. The molecule has 3 aromatic rings. The number of nitrogens with one attached hydrogen (secondary N) is 1. The fraction of sp³-hybridized carbons (Fsp3) is 0.231. The quantitative estimate of drug-likeness (QED) is 0.679. The summed E-state index contributed by atoms with van der Waals surface area (Å²) in [4.78, 5) is 20.7. The van der Waals surface area contributed by atoms with Gasteiger partial charge < -0.3 is 5.32 Å². The minimum atomic E-state index is -0.899. The summed E-state index contributed by atoms with van der Waals surface area (Å²) in [7, 11) is 0. The van der Waals surface area contributed by atoms with Crippen LogP contribution in [-0.4, -0.2) is 35.1 Å². The fourth-order valence-corrected chi connectivity index (χ4v) is 4.48. The number of rotatable bonds is 3. The van der Waals surface area contributed by atoms with Crippen molar-refractivity contribution in [2.45, 2.75) is 24.9 Å². The summed E-state index contributed by atoms with van der Waals surface area (Å²) in [5, 5.41) is 3.07. The third kappa shape index (κ3) is 3.77. The van der Waals surface area contributed by atoms with Crippen molar-refractivity contribution in [2.24, 2.45) is 4.99 Å². The number of para-hydroxylation sites is 1. The SMILES string of the molecule is O=C1Nc2ccccc2C(c2ccccc2F)=NC12CCN(Cc1ccccc1)CC2. The van der Waals surface area contributed by atoms with Crippen molar-refractivity contribution in [3.63, 3.8) is 0 Å². The van der Waals surface area contributed by atoms with E-state index >= 15 is 0 Å². The molecule has 0 aromatic heterocycles. The highest BCUT2D eigenvalue weighted by Crippen LogP contribution is 2.35. The second-order valence-electron chi connectivity index (χ2n) is 8.23. The largest absolute Gasteiger partial charge is 0.323 e. The van der Waals surface area contributed by atoms with E-state index in [-0.39, 0.29) is 11.7 Å². The number of likely N-dealkylation sites (tertiary alicyclic amines) is 1. The number of carbonyl (C=O) groups is 1. The first-order chi connectivity index (χ1) is 15.1. The van der Waals surface area contributed by atoms with Crippen molar-refractivity contribution in [2.75, 3.05) is 18.4 Å². The van der Waals surface area contributed by atoms with Crippen LogP contribution in [0.15, 0.2) is 83.9 Å². The molecule has 5 rings (SSSR count). The topological polar surface area (TPSA) is 44.7 Å². The molecule has 5 heteroatoms. The summed E-state index contributed by atoms with van der Waals surface area (Å²) in [5.74, 6) is -0.437. The highest BCUT2D eigenvalue weighted by Gasteiger charge is 2.43. The molecule has 2 heterocycles. The molecule has 1 N–H and O–H groups in total. The first kappa shape index (κ1) is 19.6. The molecule has 0 atom stereocenters. The fourth-order valence-electron chi connectivity index (χ4n) is 4.48. The molecule has 4 nitrogen and oxygen atoms in total. The normalized spacial score (nSPS) is 18.1. The van der Waals surface area contributed by atoms with Crippen LogP contribution in [0.2, 0.25) is 0 Å². The smallest absolute Gasteiger partial charge is 0.252 e. The number of carbonyl (C=O) groups excluding carboxylic acids is 1. The molecule has 0 unspecified atom stereocenters. The Morgan fingerprint density at radius 1 is 0.871 bits per heavy atom. The van der Waals surface area contributed by atoms with Gasteiger partial charge in [-0.05, 0) is 36.6 Å². The second kappa shape index (κ2) is 8.08. The van der Waals surface area contributed by atoms with Crippen LogP contribution in [0, 0.1) is 5.82 Å². The van der Waals surface area contributed by atoms with Crippen molar-refractivity contribution in [1.82, 2.24) is 4.90 Å². The second-order valence-corrected chi connectivity index (χ2v) is 8.23. The molecule has 1 fully saturated rings. The lowest BCUT2D eigenvalue weighted by Crippen LogP contribution is -2.50. The number of hydrogen-bond donors (Lipinski definition) is 1. The zero-order chi connectivity index (χ0) is 21.3. The van der Waals surface area contributed by atoms with Crippen LogP contribution in [0.3, 0.4) is 0 Å².